The summed E-state index contributed by atoms with van der Waals surface area (Å²) in [6.07, 6.45) is 5.28. The second-order valence-corrected chi connectivity index (χ2v) is 5.29. The molecule has 0 atom stereocenters. The predicted octanol–water partition coefficient (Wildman–Crippen LogP) is 3.68. The van der Waals surface area contributed by atoms with E-state index in [0.29, 0.717) is 5.41 Å². The Kier molecular flexibility index (Phi) is 3.60. The van der Waals surface area contributed by atoms with Crippen LogP contribution >= 0.6 is 0 Å². The highest BCUT2D eigenvalue weighted by atomic mass is 15.1. The van der Waals surface area contributed by atoms with Crippen molar-refractivity contribution >= 4 is 11.4 Å². The molecule has 0 aromatic heterocycles. The van der Waals surface area contributed by atoms with E-state index in [1.165, 1.54) is 44.5 Å². The van der Waals surface area contributed by atoms with Gasteiger partial charge in [0.05, 0.1) is 0 Å². The van der Waals surface area contributed by atoms with E-state index in [9.17, 15) is 0 Å². The molecule has 2 rings (SSSR count). The fourth-order valence-corrected chi connectivity index (χ4v) is 2.88. The summed E-state index contributed by atoms with van der Waals surface area (Å²) in [7, 11) is 0. The van der Waals surface area contributed by atoms with Crippen LogP contribution in [0.1, 0.15) is 39.5 Å². The van der Waals surface area contributed by atoms with E-state index in [1.807, 2.05) is 12.1 Å². The first kappa shape index (κ1) is 12.3. The molecular formula is C15H24N2. The molecule has 1 heterocycles. The quantitative estimate of drug-likeness (QED) is 0.806. The summed E-state index contributed by atoms with van der Waals surface area (Å²) in [5.41, 5.74) is 8.49. The van der Waals surface area contributed by atoms with E-state index >= 15 is 0 Å². The third-order valence-corrected chi connectivity index (χ3v) is 4.58. The molecule has 1 fully saturated rings. The molecule has 1 aliphatic rings. The Hall–Kier alpha value is -1.18. The van der Waals surface area contributed by atoms with Crippen LogP contribution in [0.4, 0.5) is 11.4 Å². The summed E-state index contributed by atoms with van der Waals surface area (Å²) in [6, 6.07) is 8.27. The largest absolute Gasteiger partial charge is 0.399 e. The van der Waals surface area contributed by atoms with Crippen molar-refractivity contribution in [1.82, 2.24) is 0 Å². The van der Waals surface area contributed by atoms with Crippen molar-refractivity contribution in [3.8, 4) is 0 Å². The van der Waals surface area contributed by atoms with Crippen LogP contribution < -0.4 is 10.6 Å². The molecule has 0 aliphatic carbocycles. The van der Waals surface area contributed by atoms with Crippen LogP contribution in [0.3, 0.4) is 0 Å². The van der Waals surface area contributed by atoms with E-state index in [2.05, 4.69) is 30.9 Å². The summed E-state index contributed by atoms with van der Waals surface area (Å²) in [5.74, 6) is 0. The lowest BCUT2D eigenvalue weighted by Gasteiger charge is -2.42. The van der Waals surface area contributed by atoms with Crippen LogP contribution in [-0.2, 0) is 0 Å². The van der Waals surface area contributed by atoms with E-state index in [0.717, 1.165) is 5.69 Å². The van der Waals surface area contributed by atoms with Crippen molar-refractivity contribution in [1.29, 1.82) is 0 Å². The zero-order valence-corrected chi connectivity index (χ0v) is 11.1. The number of benzene rings is 1. The summed E-state index contributed by atoms with van der Waals surface area (Å²) in [6.45, 7) is 7.04. The van der Waals surface area contributed by atoms with Crippen LogP contribution in [0, 0.1) is 5.41 Å². The molecule has 1 aromatic rings. The molecular weight excluding hydrogens is 208 g/mol. The first-order valence-corrected chi connectivity index (χ1v) is 6.79. The second-order valence-electron chi connectivity index (χ2n) is 5.29. The first-order chi connectivity index (χ1) is 8.19. The lowest BCUT2D eigenvalue weighted by Crippen LogP contribution is -2.39. The summed E-state index contributed by atoms with van der Waals surface area (Å²) < 4.78 is 0. The predicted molar refractivity (Wildman–Crippen MR) is 75.3 cm³/mol. The van der Waals surface area contributed by atoms with Gasteiger partial charge < -0.3 is 10.6 Å². The van der Waals surface area contributed by atoms with Gasteiger partial charge in [0.1, 0.15) is 0 Å². The maximum atomic E-state index is 5.72. The Morgan fingerprint density at radius 3 is 2.06 bits per heavy atom. The minimum absolute atomic E-state index is 0.601. The van der Waals surface area contributed by atoms with Crippen LogP contribution in [-0.4, -0.2) is 13.1 Å². The van der Waals surface area contributed by atoms with Crippen LogP contribution in [0.15, 0.2) is 24.3 Å². The Bertz CT molecular complexity index is 342. The van der Waals surface area contributed by atoms with Crippen LogP contribution in [0.2, 0.25) is 0 Å². The normalized spacial score (nSPS) is 19.3. The van der Waals surface area contributed by atoms with Gasteiger partial charge in [0, 0.05) is 24.5 Å². The molecule has 0 radical (unpaired) electrons. The van der Waals surface area contributed by atoms with Crippen LogP contribution in [0.5, 0.6) is 0 Å². The molecule has 2 nitrogen and oxygen atoms in total. The minimum atomic E-state index is 0.601. The fourth-order valence-electron chi connectivity index (χ4n) is 2.88. The van der Waals surface area contributed by atoms with Gasteiger partial charge in [-0.25, -0.2) is 0 Å². The number of hydrogen-bond donors (Lipinski definition) is 1. The zero-order chi connectivity index (χ0) is 12.3. The highest BCUT2D eigenvalue weighted by Crippen LogP contribution is 2.39. The van der Waals surface area contributed by atoms with Crippen molar-refractivity contribution in [3.63, 3.8) is 0 Å². The van der Waals surface area contributed by atoms with Gasteiger partial charge in [-0.15, -0.1) is 0 Å². The molecule has 0 saturated carbocycles. The number of hydrogen-bond acceptors (Lipinski definition) is 2. The summed E-state index contributed by atoms with van der Waals surface area (Å²) >= 11 is 0. The molecule has 1 aliphatic heterocycles. The number of nitrogens with two attached hydrogens (primary N) is 1. The summed E-state index contributed by atoms with van der Waals surface area (Å²) in [5, 5.41) is 0. The number of nitrogen functional groups attached to an aromatic ring is 1. The Morgan fingerprint density at radius 2 is 1.59 bits per heavy atom. The molecule has 0 unspecified atom stereocenters. The number of rotatable bonds is 3. The van der Waals surface area contributed by atoms with Gasteiger partial charge in [0.2, 0.25) is 0 Å². The zero-order valence-electron chi connectivity index (χ0n) is 11.1. The van der Waals surface area contributed by atoms with Crippen molar-refractivity contribution in [3.05, 3.63) is 24.3 Å². The molecule has 17 heavy (non-hydrogen) atoms. The van der Waals surface area contributed by atoms with Crippen molar-refractivity contribution in [2.45, 2.75) is 39.5 Å². The van der Waals surface area contributed by atoms with Gasteiger partial charge in [-0.2, -0.15) is 0 Å². The molecule has 94 valence electrons. The molecule has 1 aromatic carbocycles. The second kappa shape index (κ2) is 4.99. The smallest absolute Gasteiger partial charge is 0.0367 e. The molecule has 1 saturated heterocycles. The maximum Gasteiger partial charge on any atom is 0.0367 e. The highest BCUT2D eigenvalue weighted by molar-refractivity contribution is 5.53. The first-order valence-electron chi connectivity index (χ1n) is 6.79. The van der Waals surface area contributed by atoms with Gasteiger partial charge in [-0.3, -0.25) is 0 Å². The van der Waals surface area contributed by atoms with E-state index in [4.69, 9.17) is 5.73 Å². The van der Waals surface area contributed by atoms with Gasteiger partial charge >= 0.3 is 0 Å². The van der Waals surface area contributed by atoms with E-state index in [1.54, 1.807) is 0 Å². The molecule has 0 spiro atoms. The number of anilines is 2. The monoisotopic (exact) mass is 232 g/mol. The van der Waals surface area contributed by atoms with Crippen molar-refractivity contribution < 1.29 is 0 Å². The van der Waals surface area contributed by atoms with Gasteiger partial charge in [0.25, 0.3) is 0 Å². The molecule has 0 bridgehead atoms. The maximum absolute atomic E-state index is 5.72. The SMILES string of the molecule is CCC1(CC)CCN(c2ccc(N)cc2)CC1. The van der Waals surface area contributed by atoms with Gasteiger partial charge in [-0.05, 0) is 42.5 Å². The van der Waals surface area contributed by atoms with Gasteiger partial charge in [-0.1, -0.05) is 26.7 Å². The van der Waals surface area contributed by atoms with Crippen LogP contribution in [0.25, 0.3) is 0 Å². The third kappa shape index (κ3) is 2.56. The third-order valence-electron chi connectivity index (χ3n) is 4.58. The standard InChI is InChI=1S/C15H24N2/c1-3-15(4-2)9-11-17(12-10-15)14-7-5-13(16)6-8-14/h5-8H,3-4,9-12,16H2,1-2H3. The summed E-state index contributed by atoms with van der Waals surface area (Å²) in [4.78, 5) is 2.49. The van der Waals surface area contributed by atoms with Crippen molar-refractivity contribution in [2.24, 2.45) is 5.41 Å². The Morgan fingerprint density at radius 1 is 1.06 bits per heavy atom. The highest BCUT2D eigenvalue weighted by Gasteiger charge is 2.31. The number of nitrogens with zero attached hydrogens (tertiary/aromatic N) is 1. The van der Waals surface area contributed by atoms with E-state index < -0.39 is 0 Å². The minimum Gasteiger partial charge on any atom is -0.399 e. The fraction of sp³-hybridized carbons (Fsp3) is 0.600. The Balaban J connectivity index is 2.01. The molecule has 0 amide bonds. The lowest BCUT2D eigenvalue weighted by molar-refractivity contribution is 0.199. The van der Waals surface area contributed by atoms with E-state index in [-0.39, 0.29) is 0 Å². The average Bonchev–Trinajstić information content (AvgIpc) is 2.40. The van der Waals surface area contributed by atoms with Crippen molar-refractivity contribution in [2.75, 3.05) is 23.7 Å². The topological polar surface area (TPSA) is 29.3 Å². The number of piperidine rings is 1. The Labute approximate surface area is 105 Å². The molecule has 2 N–H and O–H groups in total. The van der Waals surface area contributed by atoms with Gasteiger partial charge in [0.15, 0.2) is 0 Å². The molecule has 2 heteroatoms. The lowest BCUT2D eigenvalue weighted by atomic mass is 9.74. The average molecular weight is 232 g/mol.